The first kappa shape index (κ1) is 13.8. The quantitative estimate of drug-likeness (QED) is 0.806. The summed E-state index contributed by atoms with van der Waals surface area (Å²) in [5, 5.41) is 0. The average molecular weight is 274 g/mol. The summed E-state index contributed by atoms with van der Waals surface area (Å²) in [6.45, 7) is 5.97. The van der Waals surface area contributed by atoms with Gasteiger partial charge in [0.25, 0.3) is 0 Å². The molecule has 3 nitrogen and oxygen atoms in total. The van der Waals surface area contributed by atoms with Crippen LogP contribution in [0.3, 0.4) is 0 Å². The van der Waals surface area contributed by atoms with Crippen LogP contribution in [-0.2, 0) is 17.2 Å². The number of pyridine rings is 1. The maximum Gasteiger partial charge on any atom is 0.0995 e. The monoisotopic (exact) mass is 274 g/mol. The molecule has 2 aromatic heterocycles. The van der Waals surface area contributed by atoms with Crippen molar-refractivity contribution >= 4 is 16.3 Å². The lowest BCUT2D eigenvalue weighted by Crippen LogP contribution is -2.24. The van der Waals surface area contributed by atoms with Crippen molar-refractivity contribution in [1.82, 2.24) is 9.38 Å². The minimum absolute atomic E-state index is 0.181. The normalized spacial score (nSPS) is 13.4. The van der Waals surface area contributed by atoms with Gasteiger partial charge in [0.15, 0.2) is 0 Å². The SMILES string of the molecule is C#Cc1ccn2cnc(CCS(=O)C(C)(C)C)c2c1. The van der Waals surface area contributed by atoms with Gasteiger partial charge in [-0.05, 0) is 32.9 Å². The first-order valence-electron chi connectivity index (χ1n) is 6.22. The lowest BCUT2D eigenvalue weighted by atomic mass is 10.2. The van der Waals surface area contributed by atoms with Crippen LogP contribution in [0, 0.1) is 12.3 Å². The highest BCUT2D eigenvalue weighted by molar-refractivity contribution is 7.86. The van der Waals surface area contributed by atoms with Gasteiger partial charge in [-0.2, -0.15) is 0 Å². The molecular formula is C15H18N2OS. The third-order valence-corrected chi connectivity index (χ3v) is 4.93. The number of hydrogen-bond donors (Lipinski definition) is 0. The number of aryl methyl sites for hydroxylation is 1. The number of hydrogen-bond acceptors (Lipinski definition) is 2. The first-order chi connectivity index (χ1) is 8.91. The molecule has 100 valence electrons. The standard InChI is InChI=1S/C15H18N2OS/c1-5-12-6-8-17-11-16-13(14(17)10-12)7-9-19(18)15(2,3)4/h1,6,8,10-11H,7,9H2,2-4H3. The first-order valence-corrected chi connectivity index (χ1v) is 7.54. The lowest BCUT2D eigenvalue weighted by Gasteiger charge is -2.17. The maximum atomic E-state index is 12.1. The molecule has 0 spiro atoms. The number of terminal acetylenes is 1. The van der Waals surface area contributed by atoms with Crippen molar-refractivity contribution in [2.45, 2.75) is 31.9 Å². The highest BCUT2D eigenvalue weighted by Crippen LogP contribution is 2.16. The predicted molar refractivity (Wildman–Crippen MR) is 79.6 cm³/mol. The summed E-state index contributed by atoms with van der Waals surface area (Å²) >= 11 is 0. The molecular weight excluding hydrogens is 256 g/mol. The van der Waals surface area contributed by atoms with E-state index in [1.54, 1.807) is 6.33 Å². The molecule has 0 saturated carbocycles. The Kier molecular flexibility index (Phi) is 3.77. The van der Waals surface area contributed by atoms with Gasteiger partial charge in [0.05, 0.1) is 17.5 Å². The number of rotatable bonds is 3. The molecule has 0 fully saturated rings. The number of fused-ring (bicyclic) bond motifs is 1. The van der Waals surface area contributed by atoms with Crippen molar-refractivity contribution in [3.63, 3.8) is 0 Å². The van der Waals surface area contributed by atoms with Crippen LogP contribution >= 0.6 is 0 Å². The Morgan fingerprint density at radius 2 is 2.21 bits per heavy atom. The summed E-state index contributed by atoms with van der Waals surface area (Å²) in [6.07, 6.45) is 9.79. The third kappa shape index (κ3) is 3.05. The molecule has 2 rings (SSSR count). The smallest absolute Gasteiger partial charge is 0.0995 e. The second-order valence-electron chi connectivity index (χ2n) is 5.46. The third-order valence-electron chi connectivity index (χ3n) is 2.99. The van der Waals surface area contributed by atoms with E-state index in [-0.39, 0.29) is 4.75 Å². The van der Waals surface area contributed by atoms with E-state index in [2.05, 4.69) is 10.9 Å². The Balaban J connectivity index is 2.22. The topological polar surface area (TPSA) is 34.4 Å². The fraction of sp³-hybridized carbons (Fsp3) is 0.400. The molecule has 0 aromatic carbocycles. The van der Waals surface area contributed by atoms with Gasteiger partial charge in [-0.25, -0.2) is 4.98 Å². The van der Waals surface area contributed by atoms with Gasteiger partial charge in [-0.15, -0.1) is 6.42 Å². The molecule has 0 aliphatic carbocycles. The van der Waals surface area contributed by atoms with Gasteiger partial charge < -0.3 is 4.40 Å². The van der Waals surface area contributed by atoms with E-state index in [1.165, 1.54) is 0 Å². The highest BCUT2D eigenvalue weighted by atomic mass is 32.2. The minimum Gasteiger partial charge on any atom is -0.306 e. The second kappa shape index (κ2) is 5.18. The van der Waals surface area contributed by atoms with Crippen LogP contribution in [0.25, 0.3) is 5.52 Å². The Morgan fingerprint density at radius 3 is 2.84 bits per heavy atom. The highest BCUT2D eigenvalue weighted by Gasteiger charge is 2.19. The van der Waals surface area contributed by atoms with E-state index in [0.29, 0.717) is 12.2 Å². The molecule has 0 bridgehead atoms. The summed E-state index contributed by atoms with van der Waals surface area (Å²) in [4.78, 5) is 4.38. The molecule has 0 saturated heterocycles. The molecule has 2 aromatic rings. The van der Waals surface area contributed by atoms with Crippen LogP contribution in [0.5, 0.6) is 0 Å². The van der Waals surface area contributed by atoms with E-state index in [9.17, 15) is 4.21 Å². The average Bonchev–Trinajstić information content (AvgIpc) is 2.76. The number of aromatic nitrogens is 2. The zero-order chi connectivity index (χ0) is 14.0. The van der Waals surface area contributed by atoms with Crippen LogP contribution in [0.1, 0.15) is 32.0 Å². The van der Waals surface area contributed by atoms with Crippen molar-refractivity contribution in [1.29, 1.82) is 0 Å². The summed E-state index contributed by atoms with van der Waals surface area (Å²) in [6, 6.07) is 3.83. The fourth-order valence-electron chi connectivity index (χ4n) is 1.82. The van der Waals surface area contributed by atoms with E-state index >= 15 is 0 Å². The van der Waals surface area contributed by atoms with Crippen LogP contribution in [0.4, 0.5) is 0 Å². The van der Waals surface area contributed by atoms with Gasteiger partial charge in [0.1, 0.15) is 0 Å². The van der Waals surface area contributed by atoms with Crippen molar-refractivity contribution in [3.05, 3.63) is 35.9 Å². The molecule has 2 heterocycles. The molecule has 0 radical (unpaired) electrons. The molecule has 19 heavy (non-hydrogen) atoms. The Bertz CT molecular complexity index is 659. The molecule has 1 atom stereocenters. The lowest BCUT2D eigenvalue weighted by molar-refractivity contribution is 0.648. The zero-order valence-electron chi connectivity index (χ0n) is 11.5. The largest absolute Gasteiger partial charge is 0.306 e. The van der Waals surface area contributed by atoms with E-state index in [4.69, 9.17) is 6.42 Å². The van der Waals surface area contributed by atoms with Crippen molar-refractivity contribution in [3.8, 4) is 12.3 Å². The van der Waals surface area contributed by atoms with Gasteiger partial charge in [0.2, 0.25) is 0 Å². The molecule has 0 aliphatic rings. The van der Waals surface area contributed by atoms with Crippen molar-refractivity contribution < 1.29 is 4.21 Å². The van der Waals surface area contributed by atoms with Crippen LogP contribution < -0.4 is 0 Å². The summed E-state index contributed by atoms with van der Waals surface area (Å²) < 4.78 is 13.8. The summed E-state index contributed by atoms with van der Waals surface area (Å²) in [5.74, 6) is 3.25. The second-order valence-corrected chi connectivity index (χ2v) is 7.78. The van der Waals surface area contributed by atoms with Crippen LogP contribution in [-0.4, -0.2) is 24.1 Å². The van der Waals surface area contributed by atoms with Gasteiger partial charge in [0, 0.05) is 39.5 Å². The zero-order valence-corrected chi connectivity index (χ0v) is 12.3. The molecule has 4 heteroatoms. The van der Waals surface area contributed by atoms with Crippen molar-refractivity contribution in [2.24, 2.45) is 0 Å². The van der Waals surface area contributed by atoms with Gasteiger partial charge >= 0.3 is 0 Å². The minimum atomic E-state index is -0.862. The maximum absolute atomic E-state index is 12.1. The predicted octanol–water partition coefficient (Wildman–Crippen LogP) is 2.41. The van der Waals surface area contributed by atoms with Gasteiger partial charge in [-0.3, -0.25) is 4.21 Å². The van der Waals surface area contributed by atoms with E-state index < -0.39 is 10.8 Å². The Hall–Kier alpha value is -1.60. The summed E-state index contributed by atoms with van der Waals surface area (Å²) in [7, 11) is -0.862. The fourth-order valence-corrected chi connectivity index (χ4v) is 2.81. The van der Waals surface area contributed by atoms with Crippen LogP contribution in [0.2, 0.25) is 0 Å². The molecule has 1 unspecified atom stereocenters. The Morgan fingerprint density at radius 1 is 1.47 bits per heavy atom. The van der Waals surface area contributed by atoms with Crippen LogP contribution in [0.15, 0.2) is 24.7 Å². The molecule has 0 amide bonds. The van der Waals surface area contributed by atoms with E-state index in [1.807, 2.05) is 43.5 Å². The molecule has 0 N–H and O–H groups in total. The van der Waals surface area contributed by atoms with Gasteiger partial charge in [-0.1, -0.05) is 5.92 Å². The molecule has 0 aliphatic heterocycles. The van der Waals surface area contributed by atoms with Crippen molar-refractivity contribution in [2.75, 3.05) is 5.75 Å². The number of imidazole rings is 1. The Labute approximate surface area is 116 Å². The summed E-state index contributed by atoms with van der Waals surface area (Å²) in [5.41, 5.74) is 2.79. The van der Waals surface area contributed by atoms with E-state index in [0.717, 1.165) is 16.8 Å². The number of nitrogens with zero attached hydrogens (tertiary/aromatic N) is 2.